The molecule has 17 heavy (non-hydrogen) atoms. The molecule has 2 N–H and O–H groups in total. The maximum Gasteiger partial charge on any atom is 0.314 e. The fraction of sp³-hybridized carbons (Fsp3) is 0.727. The van der Waals surface area contributed by atoms with Crippen LogP contribution in [0.1, 0.15) is 19.3 Å². The van der Waals surface area contributed by atoms with Crippen LogP contribution in [0.3, 0.4) is 0 Å². The average molecular weight is 257 g/mol. The van der Waals surface area contributed by atoms with Gasteiger partial charge in [0.2, 0.25) is 5.78 Å². The van der Waals surface area contributed by atoms with Crippen LogP contribution >= 0.6 is 11.8 Å². The Balaban J connectivity index is 2.06. The molecule has 2 unspecified atom stereocenters. The Morgan fingerprint density at radius 1 is 1.29 bits per heavy atom. The van der Waals surface area contributed by atoms with E-state index >= 15 is 0 Å². The first-order valence-corrected chi connectivity index (χ1v) is 6.90. The smallest absolute Gasteiger partial charge is 0.314 e. The zero-order chi connectivity index (χ0) is 12.4. The predicted molar refractivity (Wildman–Crippen MR) is 62.7 cm³/mol. The first-order valence-electron chi connectivity index (χ1n) is 5.75. The Kier molecular flexibility index (Phi) is 3.71. The molecule has 0 aromatic rings. The first kappa shape index (κ1) is 12.4. The quantitative estimate of drug-likeness (QED) is 0.548. The molecule has 0 aliphatic carbocycles. The molecule has 2 aliphatic heterocycles. The summed E-state index contributed by atoms with van der Waals surface area (Å²) in [7, 11) is 0. The van der Waals surface area contributed by atoms with Crippen molar-refractivity contribution in [1.29, 1.82) is 0 Å². The van der Waals surface area contributed by atoms with Crippen LogP contribution in [0.15, 0.2) is 0 Å². The molecule has 2 aliphatic rings. The number of Topliss-reactive ketones (excluding diaryl/α,β-unsaturated/α-hetero) is 1. The number of piperidine rings is 1. The highest BCUT2D eigenvalue weighted by atomic mass is 32.2. The van der Waals surface area contributed by atoms with Crippen LogP contribution < -0.4 is 5.32 Å². The van der Waals surface area contributed by atoms with Crippen LogP contribution in [0.25, 0.3) is 0 Å². The van der Waals surface area contributed by atoms with Crippen molar-refractivity contribution in [2.24, 2.45) is 11.8 Å². The van der Waals surface area contributed by atoms with Crippen molar-refractivity contribution in [1.82, 2.24) is 5.32 Å². The van der Waals surface area contributed by atoms with E-state index in [-0.39, 0.29) is 12.5 Å². The van der Waals surface area contributed by atoms with E-state index in [9.17, 15) is 14.4 Å². The second-order valence-electron chi connectivity index (χ2n) is 4.52. The lowest BCUT2D eigenvalue weighted by Gasteiger charge is -2.34. The highest BCUT2D eigenvalue weighted by Gasteiger charge is 2.41. The number of thioether (sulfide) groups is 1. The number of nitrogens with one attached hydrogen (secondary N) is 1. The van der Waals surface area contributed by atoms with Gasteiger partial charge in [-0.3, -0.25) is 14.4 Å². The molecule has 1 amide bonds. The highest BCUT2D eigenvalue weighted by molar-refractivity contribution is 7.99. The molecule has 0 saturated carbocycles. The van der Waals surface area contributed by atoms with E-state index in [0.717, 1.165) is 24.3 Å². The number of hydrogen-bond acceptors (Lipinski definition) is 4. The van der Waals surface area contributed by atoms with E-state index in [2.05, 4.69) is 5.32 Å². The second-order valence-corrected chi connectivity index (χ2v) is 5.75. The average Bonchev–Trinajstić information content (AvgIpc) is 2.33. The summed E-state index contributed by atoms with van der Waals surface area (Å²) in [6.45, 7) is 0. The Labute approximate surface area is 103 Å². The fourth-order valence-electron chi connectivity index (χ4n) is 2.46. The number of carbonyl (C=O) groups excluding carboxylic acids is 2. The minimum atomic E-state index is -1.18. The summed E-state index contributed by atoms with van der Waals surface area (Å²) in [5, 5.41) is 11.6. The number of aliphatic carboxylic acids is 1. The van der Waals surface area contributed by atoms with E-state index in [1.165, 1.54) is 0 Å². The molecule has 94 valence electrons. The summed E-state index contributed by atoms with van der Waals surface area (Å²) in [5.74, 6) is -1.46. The fourth-order valence-corrected chi connectivity index (χ4v) is 3.60. The normalized spacial score (nSPS) is 31.1. The third-order valence-electron chi connectivity index (χ3n) is 3.48. The van der Waals surface area contributed by atoms with Crippen molar-refractivity contribution in [3.8, 4) is 0 Å². The van der Waals surface area contributed by atoms with E-state index in [1.54, 1.807) is 0 Å². The topological polar surface area (TPSA) is 83.5 Å². The summed E-state index contributed by atoms with van der Waals surface area (Å²) < 4.78 is 0. The SMILES string of the molecule is O=C1NC(C2CCSCC2)CC(C(=O)O)C1=O. The van der Waals surface area contributed by atoms with Gasteiger partial charge in [-0.1, -0.05) is 0 Å². The van der Waals surface area contributed by atoms with E-state index in [1.807, 2.05) is 11.8 Å². The maximum atomic E-state index is 11.4. The van der Waals surface area contributed by atoms with Crippen LogP contribution in [-0.2, 0) is 14.4 Å². The summed E-state index contributed by atoms with van der Waals surface area (Å²) >= 11 is 1.88. The number of ketones is 1. The molecule has 0 aromatic carbocycles. The summed E-state index contributed by atoms with van der Waals surface area (Å²) in [6.07, 6.45) is 2.21. The van der Waals surface area contributed by atoms with Gasteiger partial charge >= 0.3 is 5.97 Å². The Morgan fingerprint density at radius 3 is 2.53 bits per heavy atom. The molecule has 6 heteroatoms. The zero-order valence-corrected chi connectivity index (χ0v) is 10.2. The maximum absolute atomic E-state index is 11.4. The van der Waals surface area contributed by atoms with Gasteiger partial charge in [-0.25, -0.2) is 0 Å². The molecule has 0 radical (unpaired) electrons. The van der Waals surface area contributed by atoms with Crippen molar-refractivity contribution in [2.45, 2.75) is 25.3 Å². The van der Waals surface area contributed by atoms with Crippen LogP contribution in [0.5, 0.6) is 0 Å². The van der Waals surface area contributed by atoms with Gasteiger partial charge in [-0.15, -0.1) is 0 Å². The van der Waals surface area contributed by atoms with Gasteiger partial charge in [-0.2, -0.15) is 11.8 Å². The molecule has 0 bridgehead atoms. The monoisotopic (exact) mass is 257 g/mol. The molecular formula is C11H15NO4S. The lowest BCUT2D eigenvalue weighted by molar-refractivity contribution is -0.154. The second kappa shape index (κ2) is 5.08. The van der Waals surface area contributed by atoms with Gasteiger partial charge in [-0.05, 0) is 36.7 Å². The Bertz CT molecular complexity index is 351. The molecule has 2 heterocycles. The van der Waals surface area contributed by atoms with Crippen molar-refractivity contribution in [3.05, 3.63) is 0 Å². The lowest BCUT2D eigenvalue weighted by atomic mass is 9.82. The number of carboxylic acids is 1. The lowest BCUT2D eigenvalue weighted by Crippen LogP contribution is -2.54. The van der Waals surface area contributed by atoms with Gasteiger partial charge in [0, 0.05) is 6.04 Å². The zero-order valence-electron chi connectivity index (χ0n) is 9.35. The number of carboxylic acid groups (broad SMARTS) is 1. The van der Waals surface area contributed by atoms with E-state index in [4.69, 9.17) is 5.11 Å². The summed E-state index contributed by atoms with van der Waals surface area (Å²) in [5.41, 5.74) is 0. The number of hydrogen-bond donors (Lipinski definition) is 2. The Hall–Kier alpha value is -1.04. The minimum absolute atomic E-state index is 0.151. The molecule has 2 rings (SSSR count). The molecule has 0 aromatic heterocycles. The minimum Gasteiger partial charge on any atom is -0.481 e. The van der Waals surface area contributed by atoms with Gasteiger partial charge in [0.05, 0.1) is 0 Å². The van der Waals surface area contributed by atoms with Gasteiger partial charge in [0.15, 0.2) is 0 Å². The molecule has 5 nitrogen and oxygen atoms in total. The van der Waals surface area contributed by atoms with Gasteiger partial charge in [0.1, 0.15) is 5.92 Å². The first-order chi connectivity index (χ1) is 8.09. The number of rotatable bonds is 2. The molecule has 2 fully saturated rings. The van der Waals surface area contributed by atoms with Gasteiger partial charge < -0.3 is 10.4 Å². The Morgan fingerprint density at radius 2 is 1.94 bits per heavy atom. The van der Waals surface area contributed by atoms with E-state index < -0.39 is 23.6 Å². The third kappa shape index (κ3) is 2.62. The summed E-state index contributed by atoms with van der Waals surface area (Å²) in [4.78, 5) is 33.8. The van der Waals surface area contributed by atoms with Crippen molar-refractivity contribution in [3.63, 3.8) is 0 Å². The highest BCUT2D eigenvalue weighted by Crippen LogP contribution is 2.30. The van der Waals surface area contributed by atoms with Crippen LogP contribution in [0.4, 0.5) is 0 Å². The van der Waals surface area contributed by atoms with Crippen LogP contribution in [0.2, 0.25) is 0 Å². The largest absolute Gasteiger partial charge is 0.481 e. The molecular weight excluding hydrogens is 242 g/mol. The standard InChI is InChI=1S/C11H15NO4S/c13-9-7(11(15)16)5-8(12-10(9)14)6-1-3-17-4-2-6/h6-8H,1-5H2,(H,12,14)(H,15,16). The number of amides is 1. The summed E-state index contributed by atoms with van der Waals surface area (Å²) in [6, 6.07) is -0.151. The van der Waals surface area contributed by atoms with Crippen LogP contribution in [0, 0.1) is 11.8 Å². The molecule has 2 saturated heterocycles. The molecule has 2 atom stereocenters. The van der Waals surface area contributed by atoms with Crippen molar-refractivity contribution >= 4 is 29.4 Å². The predicted octanol–water partition coefficient (Wildman–Crippen LogP) is 0.288. The third-order valence-corrected chi connectivity index (χ3v) is 4.53. The van der Waals surface area contributed by atoms with Crippen molar-refractivity contribution < 1.29 is 19.5 Å². The van der Waals surface area contributed by atoms with Gasteiger partial charge in [0.25, 0.3) is 5.91 Å². The van der Waals surface area contributed by atoms with Crippen molar-refractivity contribution in [2.75, 3.05) is 11.5 Å². The van der Waals surface area contributed by atoms with E-state index in [0.29, 0.717) is 5.92 Å². The molecule has 0 spiro atoms. The number of carbonyl (C=O) groups is 3. The van der Waals surface area contributed by atoms with Crippen LogP contribution in [-0.4, -0.2) is 40.3 Å².